The SMILES string of the molecule is CC(CN)C(=O)Nc1ccccc1N1CCCCCC1.Cl.Cl. The van der Waals surface area contributed by atoms with Gasteiger partial charge in [0.05, 0.1) is 11.4 Å². The summed E-state index contributed by atoms with van der Waals surface area (Å²) in [6.07, 6.45) is 5.05. The molecule has 6 heteroatoms. The number of rotatable bonds is 4. The van der Waals surface area contributed by atoms with Crippen molar-refractivity contribution in [3.05, 3.63) is 24.3 Å². The van der Waals surface area contributed by atoms with Crippen LogP contribution in [0.15, 0.2) is 24.3 Å². The van der Waals surface area contributed by atoms with E-state index >= 15 is 0 Å². The molecule has 126 valence electrons. The van der Waals surface area contributed by atoms with Gasteiger partial charge in [-0.15, -0.1) is 24.8 Å². The van der Waals surface area contributed by atoms with Crippen LogP contribution in [0, 0.1) is 5.92 Å². The smallest absolute Gasteiger partial charge is 0.228 e. The zero-order chi connectivity index (χ0) is 14.4. The Morgan fingerprint density at radius 2 is 1.77 bits per heavy atom. The third kappa shape index (κ3) is 5.67. The van der Waals surface area contributed by atoms with E-state index in [1.54, 1.807) is 0 Å². The van der Waals surface area contributed by atoms with Gasteiger partial charge in [0, 0.05) is 25.6 Å². The molecule has 0 radical (unpaired) electrons. The van der Waals surface area contributed by atoms with E-state index < -0.39 is 0 Å². The van der Waals surface area contributed by atoms with E-state index in [2.05, 4.69) is 16.3 Å². The summed E-state index contributed by atoms with van der Waals surface area (Å²) < 4.78 is 0. The van der Waals surface area contributed by atoms with Gasteiger partial charge in [-0.3, -0.25) is 4.79 Å². The Hall–Kier alpha value is -0.970. The molecule has 1 aromatic carbocycles. The molecule has 1 amide bonds. The minimum absolute atomic E-state index is 0. The molecule has 1 aromatic rings. The topological polar surface area (TPSA) is 58.4 Å². The summed E-state index contributed by atoms with van der Waals surface area (Å²) in [5, 5.41) is 3.02. The Kier molecular flexibility index (Phi) is 10.2. The maximum atomic E-state index is 12.0. The molecule has 1 unspecified atom stereocenters. The number of hydrogen-bond acceptors (Lipinski definition) is 3. The number of halogens is 2. The second-order valence-corrected chi connectivity index (χ2v) is 5.54. The highest BCUT2D eigenvalue weighted by molar-refractivity contribution is 5.95. The van der Waals surface area contributed by atoms with Gasteiger partial charge in [0.2, 0.25) is 5.91 Å². The lowest BCUT2D eigenvalue weighted by molar-refractivity contribution is -0.119. The Labute approximate surface area is 145 Å². The van der Waals surface area contributed by atoms with Crippen molar-refractivity contribution in [2.24, 2.45) is 11.7 Å². The van der Waals surface area contributed by atoms with E-state index in [-0.39, 0.29) is 36.6 Å². The third-order valence-electron chi connectivity index (χ3n) is 3.91. The van der Waals surface area contributed by atoms with Gasteiger partial charge in [0.1, 0.15) is 0 Å². The minimum Gasteiger partial charge on any atom is -0.370 e. The second-order valence-electron chi connectivity index (χ2n) is 5.54. The molecule has 1 saturated heterocycles. The lowest BCUT2D eigenvalue weighted by Gasteiger charge is -2.25. The van der Waals surface area contributed by atoms with Crippen LogP contribution in [0.1, 0.15) is 32.6 Å². The summed E-state index contributed by atoms with van der Waals surface area (Å²) >= 11 is 0. The predicted octanol–water partition coefficient (Wildman–Crippen LogP) is 3.44. The van der Waals surface area contributed by atoms with Crippen LogP contribution < -0.4 is 16.0 Å². The van der Waals surface area contributed by atoms with Crippen molar-refractivity contribution in [1.29, 1.82) is 0 Å². The van der Waals surface area contributed by atoms with Gasteiger partial charge in [-0.1, -0.05) is 31.9 Å². The minimum atomic E-state index is -0.160. The summed E-state index contributed by atoms with van der Waals surface area (Å²) in [5.41, 5.74) is 7.59. The molecular formula is C16H27Cl2N3O. The van der Waals surface area contributed by atoms with Crippen LogP contribution in [-0.2, 0) is 4.79 Å². The zero-order valence-electron chi connectivity index (χ0n) is 13.1. The summed E-state index contributed by atoms with van der Waals surface area (Å²) in [5.74, 6) is -0.165. The molecule has 0 aliphatic carbocycles. The van der Waals surface area contributed by atoms with Crippen LogP contribution in [0.5, 0.6) is 0 Å². The molecule has 4 nitrogen and oxygen atoms in total. The van der Waals surface area contributed by atoms with E-state index in [1.165, 1.54) is 25.7 Å². The van der Waals surface area contributed by atoms with Crippen LogP contribution in [-0.4, -0.2) is 25.5 Å². The maximum absolute atomic E-state index is 12.0. The fourth-order valence-electron chi connectivity index (χ4n) is 2.53. The molecule has 0 bridgehead atoms. The van der Waals surface area contributed by atoms with Gasteiger partial charge in [-0.2, -0.15) is 0 Å². The fourth-order valence-corrected chi connectivity index (χ4v) is 2.53. The quantitative estimate of drug-likeness (QED) is 0.876. The molecule has 0 aromatic heterocycles. The van der Waals surface area contributed by atoms with Crippen LogP contribution in [0.4, 0.5) is 11.4 Å². The monoisotopic (exact) mass is 347 g/mol. The molecule has 1 atom stereocenters. The van der Waals surface area contributed by atoms with Crippen molar-refractivity contribution in [2.45, 2.75) is 32.6 Å². The number of amides is 1. The van der Waals surface area contributed by atoms with Crippen LogP contribution in [0.25, 0.3) is 0 Å². The lowest BCUT2D eigenvalue weighted by Crippen LogP contribution is -2.29. The number of carbonyl (C=O) groups is 1. The van der Waals surface area contributed by atoms with Crippen LogP contribution in [0.2, 0.25) is 0 Å². The van der Waals surface area contributed by atoms with Crippen LogP contribution >= 0.6 is 24.8 Å². The Morgan fingerprint density at radius 1 is 1.18 bits per heavy atom. The standard InChI is InChI=1S/C16H25N3O.2ClH/c1-13(12-17)16(20)18-14-8-4-5-9-15(14)19-10-6-2-3-7-11-19;;/h4-5,8-9,13H,2-3,6-7,10-12,17H2,1H3,(H,18,20);2*1H. The van der Waals surface area contributed by atoms with Crippen molar-refractivity contribution in [3.63, 3.8) is 0 Å². The number of hydrogen-bond donors (Lipinski definition) is 2. The molecule has 3 N–H and O–H groups in total. The van der Waals surface area contributed by atoms with Gasteiger partial charge >= 0.3 is 0 Å². The first-order valence-electron chi connectivity index (χ1n) is 7.57. The molecule has 0 saturated carbocycles. The Bertz CT molecular complexity index is 449. The van der Waals surface area contributed by atoms with Gasteiger partial charge in [0.25, 0.3) is 0 Å². The number of nitrogens with two attached hydrogens (primary N) is 1. The molecular weight excluding hydrogens is 321 g/mol. The zero-order valence-corrected chi connectivity index (χ0v) is 14.7. The second kappa shape index (κ2) is 10.7. The third-order valence-corrected chi connectivity index (χ3v) is 3.91. The molecule has 0 spiro atoms. The number of nitrogens with one attached hydrogen (secondary N) is 1. The lowest BCUT2D eigenvalue weighted by atomic mass is 10.1. The molecule has 1 heterocycles. The molecule has 1 fully saturated rings. The Morgan fingerprint density at radius 3 is 2.36 bits per heavy atom. The normalized spacial score (nSPS) is 15.8. The average molecular weight is 348 g/mol. The van der Waals surface area contributed by atoms with Crippen molar-refractivity contribution in [1.82, 2.24) is 0 Å². The van der Waals surface area contributed by atoms with Crippen molar-refractivity contribution >= 4 is 42.1 Å². The largest absolute Gasteiger partial charge is 0.370 e. The number of benzene rings is 1. The molecule has 2 rings (SSSR count). The van der Waals surface area contributed by atoms with Crippen molar-refractivity contribution in [2.75, 3.05) is 29.9 Å². The molecule has 22 heavy (non-hydrogen) atoms. The first kappa shape index (κ1) is 21.0. The van der Waals surface area contributed by atoms with E-state index in [0.717, 1.165) is 24.5 Å². The average Bonchev–Trinajstić information content (AvgIpc) is 2.76. The van der Waals surface area contributed by atoms with Gasteiger partial charge < -0.3 is 16.0 Å². The van der Waals surface area contributed by atoms with E-state index in [0.29, 0.717) is 6.54 Å². The first-order valence-corrected chi connectivity index (χ1v) is 7.57. The summed E-state index contributed by atoms with van der Waals surface area (Å²) in [4.78, 5) is 14.4. The summed E-state index contributed by atoms with van der Waals surface area (Å²) in [7, 11) is 0. The number of carbonyl (C=O) groups excluding carboxylic acids is 1. The van der Waals surface area contributed by atoms with Gasteiger partial charge in [-0.25, -0.2) is 0 Å². The number of para-hydroxylation sites is 2. The number of nitrogens with zero attached hydrogens (tertiary/aromatic N) is 1. The maximum Gasteiger partial charge on any atom is 0.228 e. The van der Waals surface area contributed by atoms with Crippen molar-refractivity contribution in [3.8, 4) is 0 Å². The highest BCUT2D eigenvalue weighted by atomic mass is 35.5. The van der Waals surface area contributed by atoms with E-state index in [1.807, 2.05) is 25.1 Å². The van der Waals surface area contributed by atoms with Crippen LogP contribution in [0.3, 0.4) is 0 Å². The van der Waals surface area contributed by atoms with E-state index in [9.17, 15) is 4.79 Å². The van der Waals surface area contributed by atoms with E-state index in [4.69, 9.17) is 5.73 Å². The summed E-state index contributed by atoms with van der Waals surface area (Å²) in [6.45, 7) is 4.36. The van der Waals surface area contributed by atoms with Crippen molar-refractivity contribution < 1.29 is 4.79 Å². The summed E-state index contributed by atoms with van der Waals surface area (Å²) in [6, 6.07) is 8.06. The highest BCUT2D eigenvalue weighted by Gasteiger charge is 2.16. The number of anilines is 2. The predicted molar refractivity (Wildman–Crippen MR) is 98.5 cm³/mol. The fraction of sp³-hybridized carbons (Fsp3) is 0.562. The van der Waals surface area contributed by atoms with Gasteiger partial charge in [0.15, 0.2) is 0 Å². The van der Waals surface area contributed by atoms with Gasteiger partial charge in [-0.05, 0) is 25.0 Å². The highest BCUT2D eigenvalue weighted by Crippen LogP contribution is 2.28. The molecule has 1 aliphatic heterocycles. The first-order chi connectivity index (χ1) is 9.72. The Balaban J connectivity index is 0.00000220. The molecule has 1 aliphatic rings.